The highest BCUT2D eigenvalue weighted by Crippen LogP contribution is 2.13. The summed E-state index contributed by atoms with van der Waals surface area (Å²) in [5.74, 6) is 0.604. The molecule has 5 heteroatoms. The molecule has 0 spiro atoms. The van der Waals surface area contributed by atoms with Gasteiger partial charge in [-0.25, -0.2) is 9.97 Å². The van der Waals surface area contributed by atoms with Crippen LogP contribution in [0.4, 0.5) is 0 Å². The van der Waals surface area contributed by atoms with Gasteiger partial charge in [0.05, 0.1) is 6.10 Å². The van der Waals surface area contributed by atoms with Crippen LogP contribution in [0, 0.1) is 6.92 Å². The first kappa shape index (κ1) is 14.4. The fourth-order valence-electron chi connectivity index (χ4n) is 1.15. The third kappa shape index (κ3) is 6.61. The maximum atomic E-state index is 9.80. The third-order valence-electron chi connectivity index (χ3n) is 2.05. The van der Waals surface area contributed by atoms with E-state index >= 15 is 0 Å². The molecule has 0 aliphatic heterocycles. The van der Waals surface area contributed by atoms with Gasteiger partial charge < -0.3 is 10.4 Å². The Morgan fingerprint density at radius 3 is 2.76 bits per heavy atom. The summed E-state index contributed by atoms with van der Waals surface area (Å²) >= 11 is 1.48. The molecule has 17 heavy (non-hydrogen) atoms. The van der Waals surface area contributed by atoms with Gasteiger partial charge in [0.2, 0.25) is 0 Å². The van der Waals surface area contributed by atoms with Gasteiger partial charge in [0.25, 0.3) is 0 Å². The fraction of sp³-hybridized carbons (Fsp3) is 0.667. The molecule has 1 unspecified atom stereocenters. The van der Waals surface area contributed by atoms with Crippen LogP contribution in [-0.2, 0) is 0 Å². The zero-order chi connectivity index (χ0) is 12.9. The van der Waals surface area contributed by atoms with Gasteiger partial charge in [0, 0.05) is 29.7 Å². The Morgan fingerprint density at radius 2 is 2.18 bits per heavy atom. The third-order valence-corrected chi connectivity index (χ3v) is 3.05. The highest BCUT2D eigenvalue weighted by atomic mass is 32.2. The summed E-state index contributed by atoms with van der Waals surface area (Å²) in [7, 11) is 0. The Balaban J connectivity index is 2.31. The molecule has 0 bridgehead atoms. The summed E-state index contributed by atoms with van der Waals surface area (Å²) < 4.78 is 0. The van der Waals surface area contributed by atoms with E-state index in [1.165, 1.54) is 11.8 Å². The molecule has 0 saturated carbocycles. The van der Waals surface area contributed by atoms with E-state index < -0.39 is 0 Å². The van der Waals surface area contributed by atoms with Crippen molar-refractivity contribution in [2.24, 2.45) is 0 Å². The molecule has 96 valence electrons. The number of hydrogen-bond donors (Lipinski definition) is 2. The van der Waals surface area contributed by atoms with Crippen molar-refractivity contribution in [3.8, 4) is 0 Å². The fourth-order valence-corrected chi connectivity index (χ4v) is 1.95. The second-order valence-corrected chi connectivity index (χ2v) is 6.06. The van der Waals surface area contributed by atoms with Gasteiger partial charge in [-0.3, -0.25) is 0 Å². The minimum atomic E-state index is -0.386. The molecule has 0 fully saturated rings. The number of aliphatic hydroxyl groups is 1. The number of aliphatic hydroxyl groups excluding tert-OH is 1. The maximum absolute atomic E-state index is 9.80. The SMILES string of the molecule is Cc1ccnc(SCC(O)CNC(C)(C)C)n1. The first-order valence-corrected chi connectivity index (χ1v) is 6.71. The molecule has 4 nitrogen and oxygen atoms in total. The molecule has 1 heterocycles. The van der Waals surface area contributed by atoms with Crippen LogP contribution in [0.5, 0.6) is 0 Å². The van der Waals surface area contributed by atoms with Crippen molar-refractivity contribution < 1.29 is 5.11 Å². The molecule has 0 aliphatic carbocycles. The van der Waals surface area contributed by atoms with Crippen LogP contribution in [0.2, 0.25) is 0 Å². The van der Waals surface area contributed by atoms with Crippen LogP contribution >= 0.6 is 11.8 Å². The molecule has 0 aliphatic rings. The first-order valence-electron chi connectivity index (χ1n) is 5.72. The van der Waals surface area contributed by atoms with Crippen LogP contribution in [0.25, 0.3) is 0 Å². The lowest BCUT2D eigenvalue weighted by Crippen LogP contribution is -2.41. The summed E-state index contributed by atoms with van der Waals surface area (Å²) in [6.45, 7) is 8.76. The second-order valence-electron chi connectivity index (χ2n) is 5.08. The van der Waals surface area contributed by atoms with Crippen molar-refractivity contribution in [1.82, 2.24) is 15.3 Å². The summed E-state index contributed by atoms with van der Waals surface area (Å²) in [4.78, 5) is 8.42. The van der Waals surface area contributed by atoms with Crippen molar-refractivity contribution in [3.63, 3.8) is 0 Å². The smallest absolute Gasteiger partial charge is 0.187 e. The van der Waals surface area contributed by atoms with Gasteiger partial charge in [0.15, 0.2) is 5.16 Å². The minimum absolute atomic E-state index is 0.0332. The molecular weight excluding hydrogens is 234 g/mol. The molecule has 1 aromatic rings. The van der Waals surface area contributed by atoms with Crippen molar-refractivity contribution >= 4 is 11.8 Å². The second kappa shape index (κ2) is 6.33. The molecule has 1 aromatic heterocycles. The Kier molecular flexibility index (Phi) is 5.36. The van der Waals surface area contributed by atoms with Gasteiger partial charge in [0.1, 0.15) is 0 Å². The average molecular weight is 255 g/mol. The van der Waals surface area contributed by atoms with Crippen LogP contribution in [-0.4, -0.2) is 39.0 Å². The minimum Gasteiger partial charge on any atom is -0.391 e. The summed E-state index contributed by atoms with van der Waals surface area (Å²) in [5, 5.41) is 13.8. The van der Waals surface area contributed by atoms with E-state index in [1.807, 2.05) is 13.0 Å². The predicted octanol–water partition coefficient (Wildman–Crippen LogP) is 1.63. The van der Waals surface area contributed by atoms with Gasteiger partial charge >= 0.3 is 0 Å². The van der Waals surface area contributed by atoms with E-state index in [0.29, 0.717) is 12.3 Å². The molecule has 0 aromatic carbocycles. The Morgan fingerprint density at radius 1 is 1.47 bits per heavy atom. The normalized spacial score (nSPS) is 13.7. The van der Waals surface area contributed by atoms with Crippen molar-refractivity contribution in [1.29, 1.82) is 0 Å². The van der Waals surface area contributed by atoms with Crippen LogP contribution in [0.1, 0.15) is 26.5 Å². The van der Waals surface area contributed by atoms with Crippen molar-refractivity contribution in [2.75, 3.05) is 12.3 Å². The van der Waals surface area contributed by atoms with E-state index in [1.54, 1.807) is 6.20 Å². The zero-order valence-corrected chi connectivity index (χ0v) is 11.7. The Labute approximate surface area is 107 Å². The van der Waals surface area contributed by atoms with Crippen molar-refractivity contribution in [2.45, 2.75) is 44.5 Å². The molecule has 0 radical (unpaired) electrons. The molecular formula is C12H21N3OS. The van der Waals surface area contributed by atoms with Gasteiger partial charge in [-0.1, -0.05) is 11.8 Å². The summed E-state index contributed by atoms with van der Waals surface area (Å²) in [5.41, 5.74) is 0.982. The summed E-state index contributed by atoms with van der Waals surface area (Å²) in [6.07, 6.45) is 1.35. The van der Waals surface area contributed by atoms with E-state index in [0.717, 1.165) is 10.9 Å². The average Bonchev–Trinajstić information content (AvgIpc) is 2.23. The topological polar surface area (TPSA) is 58.0 Å². The van der Waals surface area contributed by atoms with Crippen LogP contribution < -0.4 is 5.32 Å². The molecule has 0 saturated heterocycles. The lowest BCUT2D eigenvalue weighted by molar-refractivity contribution is 0.183. The van der Waals surface area contributed by atoms with E-state index in [2.05, 4.69) is 36.1 Å². The number of aryl methyl sites for hydroxylation is 1. The molecule has 1 atom stereocenters. The number of nitrogens with zero attached hydrogens (tertiary/aromatic N) is 2. The Hall–Kier alpha value is -0.650. The van der Waals surface area contributed by atoms with Crippen molar-refractivity contribution in [3.05, 3.63) is 18.0 Å². The summed E-state index contributed by atoms with van der Waals surface area (Å²) in [6, 6.07) is 1.86. The predicted molar refractivity (Wildman–Crippen MR) is 71.3 cm³/mol. The quantitative estimate of drug-likeness (QED) is 0.618. The zero-order valence-electron chi connectivity index (χ0n) is 10.9. The number of rotatable bonds is 5. The number of thioether (sulfide) groups is 1. The van der Waals surface area contributed by atoms with Crippen LogP contribution in [0.15, 0.2) is 17.4 Å². The molecule has 1 rings (SSSR count). The van der Waals surface area contributed by atoms with E-state index in [-0.39, 0.29) is 11.6 Å². The number of hydrogen-bond acceptors (Lipinski definition) is 5. The number of β-amino-alcohol motifs (C(OH)–C–C–N with tert-alkyl or cyclic N) is 1. The highest BCUT2D eigenvalue weighted by Gasteiger charge is 2.12. The maximum Gasteiger partial charge on any atom is 0.187 e. The monoisotopic (exact) mass is 255 g/mol. The molecule has 2 N–H and O–H groups in total. The largest absolute Gasteiger partial charge is 0.391 e. The lowest BCUT2D eigenvalue weighted by atomic mass is 10.1. The first-order chi connectivity index (χ1) is 7.87. The number of aromatic nitrogens is 2. The lowest BCUT2D eigenvalue weighted by Gasteiger charge is -2.22. The number of nitrogens with one attached hydrogen (secondary N) is 1. The highest BCUT2D eigenvalue weighted by molar-refractivity contribution is 7.99. The van der Waals surface area contributed by atoms with E-state index in [4.69, 9.17) is 0 Å². The standard InChI is InChI=1S/C12H21N3OS/c1-9-5-6-13-11(15-9)17-8-10(16)7-14-12(2,3)4/h5-6,10,14,16H,7-8H2,1-4H3. The Bertz CT molecular complexity index is 352. The van der Waals surface area contributed by atoms with Gasteiger partial charge in [-0.15, -0.1) is 0 Å². The van der Waals surface area contributed by atoms with Gasteiger partial charge in [-0.05, 0) is 33.8 Å². The van der Waals surface area contributed by atoms with Gasteiger partial charge in [-0.2, -0.15) is 0 Å². The van der Waals surface area contributed by atoms with E-state index in [9.17, 15) is 5.11 Å². The van der Waals surface area contributed by atoms with Crippen LogP contribution in [0.3, 0.4) is 0 Å². The molecule has 0 amide bonds.